The predicted octanol–water partition coefficient (Wildman–Crippen LogP) is 4.29. The number of hydrogen-bond donors (Lipinski definition) is 2. The topological polar surface area (TPSA) is 70.9 Å². The maximum Gasteiger partial charge on any atom is 0.353 e. The van der Waals surface area contributed by atoms with Gasteiger partial charge in [0.2, 0.25) is 0 Å². The van der Waals surface area contributed by atoms with Gasteiger partial charge in [-0.2, -0.15) is 5.10 Å². The lowest BCUT2D eigenvalue weighted by molar-refractivity contribution is 0.0690. The Kier molecular flexibility index (Phi) is 2.98. The summed E-state index contributed by atoms with van der Waals surface area (Å²) in [4.78, 5) is 11.1. The first-order valence-electron chi connectivity index (χ1n) is 8.51. The van der Waals surface area contributed by atoms with E-state index in [1.54, 1.807) is 6.07 Å². The second kappa shape index (κ2) is 5.21. The van der Waals surface area contributed by atoms with Crippen LogP contribution in [0.3, 0.4) is 0 Å². The smallest absolute Gasteiger partial charge is 0.353 e. The number of carboxylic acids is 1. The van der Waals surface area contributed by atoms with Crippen molar-refractivity contribution < 1.29 is 9.90 Å². The summed E-state index contributed by atoms with van der Waals surface area (Å²) in [5.74, 6) is -0.205. The van der Waals surface area contributed by atoms with Gasteiger partial charge in [0.25, 0.3) is 0 Å². The number of nitrogens with one attached hydrogen (secondary N) is 1. The SMILES string of the molecule is O=C(O)c1cc(-c2ccc3c(c2)c2ccccc2n3CC2CC2)n[nH]1. The molecular formula is C20H17N3O2. The minimum atomic E-state index is -0.999. The molecule has 0 spiro atoms. The number of aromatic carboxylic acids is 1. The molecule has 2 heterocycles. The van der Waals surface area contributed by atoms with E-state index in [1.165, 1.54) is 34.6 Å². The number of carbonyl (C=O) groups is 1. The van der Waals surface area contributed by atoms with Crippen molar-refractivity contribution in [2.75, 3.05) is 0 Å². The Morgan fingerprint density at radius 3 is 2.68 bits per heavy atom. The van der Waals surface area contributed by atoms with Crippen molar-refractivity contribution in [3.63, 3.8) is 0 Å². The van der Waals surface area contributed by atoms with E-state index < -0.39 is 5.97 Å². The number of H-pyrrole nitrogens is 1. The van der Waals surface area contributed by atoms with Gasteiger partial charge in [0, 0.05) is 33.9 Å². The van der Waals surface area contributed by atoms with Crippen molar-refractivity contribution >= 4 is 27.8 Å². The van der Waals surface area contributed by atoms with Gasteiger partial charge in [0.1, 0.15) is 5.69 Å². The second-order valence-corrected chi connectivity index (χ2v) is 6.78. The van der Waals surface area contributed by atoms with Crippen LogP contribution in [0.15, 0.2) is 48.5 Å². The van der Waals surface area contributed by atoms with Gasteiger partial charge in [-0.05, 0) is 43.0 Å². The number of carboxylic acid groups (broad SMARTS) is 1. The van der Waals surface area contributed by atoms with Gasteiger partial charge in [-0.25, -0.2) is 4.79 Å². The minimum Gasteiger partial charge on any atom is -0.477 e. The van der Waals surface area contributed by atoms with E-state index in [1.807, 2.05) is 6.07 Å². The van der Waals surface area contributed by atoms with Crippen molar-refractivity contribution in [3.05, 3.63) is 54.2 Å². The van der Waals surface area contributed by atoms with E-state index in [9.17, 15) is 4.79 Å². The molecule has 5 rings (SSSR count). The highest BCUT2D eigenvalue weighted by atomic mass is 16.4. The van der Waals surface area contributed by atoms with Crippen molar-refractivity contribution in [1.29, 1.82) is 0 Å². The van der Waals surface area contributed by atoms with Crippen LogP contribution in [-0.4, -0.2) is 25.8 Å². The molecule has 124 valence electrons. The number of nitrogens with zero attached hydrogens (tertiary/aromatic N) is 2. The molecule has 1 aliphatic rings. The van der Waals surface area contributed by atoms with E-state index in [0.29, 0.717) is 5.69 Å². The molecule has 5 heteroatoms. The van der Waals surface area contributed by atoms with Crippen molar-refractivity contribution in [2.24, 2.45) is 5.92 Å². The molecule has 1 aliphatic carbocycles. The lowest BCUT2D eigenvalue weighted by Gasteiger charge is -2.06. The molecule has 0 amide bonds. The molecule has 1 saturated carbocycles. The Bertz CT molecular complexity index is 1120. The van der Waals surface area contributed by atoms with Gasteiger partial charge in [-0.15, -0.1) is 0 Å². The van der Waals surface area contributed by atoms with Crippen LogP contribution >= 0.6 is 0 Å². The highest BCUT2D eigenvalue weighted by Gasteiger charge is 2.23. The molecule has 0 unspecified atom stereocenters. The summed E-state index contributed by atoms with van der Waals surface area (Å²) < 4.78 is 2.42. The third-order valence-corrected chi connectivity index (χ3v) is 5.01. The Labute approximate surface area is 143 Å². The second-order valence-electron chi connectivity index (χ2n) is 6.78. The summed E-state index contributed by atoms with van der Waals surface area (Å²) in [5, 5.41) is 18.2. The van der Waals surface area contributed by atoms with Crippen LogP contribution < -0.4 is 0 Å². The maximum absolute atomic E-state index is 11.1. The van der Waals surface area contributed by atoms with Crippen LogP contribution in [0, 0.1) is 5.92 Å². The molecule has 0 bridgehead atoms. The van der Waals surface area contributed by atoms with E-state index in [2.05, 4.69) is 51.2 Å². The molecule has 2 aromatic heterocycles. The predicted molar refractivity (Wildman–Crippen MR) is 96.7 cm³/mol. The van der Waals surface area contributed by atoms with Crippen LogP contribution in [-0.2, 0) is 6.54 Å². The number of aromatic nitrogens is 3. The van der Waals surface area contributed by atoms with Crippen LogP contribution in [0.1, 0.15) is 23.3 Å². The zero-order valence-electron chi connectivity index (χ0n) is 13.6. The van der Waals surface area contributed by atoms with Gasteiger partial charge < -0.3 is 9.67 Å². The molecular weight excluding hydrogens is 314 g/mol. The third-order valence-electron chi connectivity index (χ3n) is 5.01. The van der Waals surface area contributed by atoms with E-state index >= 15 is 0 Å². The Balaban J connectivity index is 1.70. The number of fused-ring (bicyclic) bond motifs is 3. The van der Waals surface area contributed by atoms with E-state index in [0.717, 1.165) is 18.0 Å². The third kappa shape index (κ3) is 2.31. The summed E-state index contributed by atoms with van der Waals surface area (Å²) >= 11 is 0. The standard InChI is InChI=1S/C20H17N3O2/c24-20(25)17-10-16(21-22-17)13-7-8-19-15(9-13)14-3-1-2-4-18(14)23(19)11-12-5-6-12/h1-4,7-10,12H,5-6,11H2,(H,21,22)(H,24,25). The number of hydrogen-bond acceptors (Lipinski definition) is 2. The average molecular weight is 331 g/mol. The lowest BCUT2D eigenvalue weighted by Crippen LogP contribution is -1.98. The highest BCUT2D eigenvalue weighted by Crippen LogP contribution is 2.37. The molecule has 2 aromatic carbocycles. The molecule has 5 nitrogen and oxygen atoms in total. The maximum atomic E-state index is 11.1. The number of aromatic amines is 1. The van der Waals surface area contributed by atoms with Gasteiger partial charge in [0.15, 0.2) is 0 Å². The zero-order chi connectivity index (χ0) is 17.0. The molecule has 2 N–H and O–H groups in total. The lowest BCUT2D eigenvalue weighted by atomic mass is 10.1. The molecule has 25 heavy (non-hydrogen) atoms. The van der Waals surface area contributed by atoms with Crippen LogP contribution in [0.5, 0.6) is 0 Å². The van der Waals surface area contributed by atoms with Gasteiger partial charge in [-0.3, -0.25) is 5.10 Å². The zero-order valence-corrected chi connectivity index (χ0v) is 13.6. The Morgan fingerprint density at radius 2 is 1.92 bits per heavy atom. The number of benzene rings is 2. The summed E-state index contributed by atoms with van der Waals surface area (Å²) in [6.45, 7) is 1.06. The van der Waals surface area contributed by atoms with Gasteiger partial charge >= 0.3 is 5.97 Å². The number of rotatable bonds is 4. The quantitative estimate of drug-likeness (QED) is 0.586. The largest absolute Gasteiger partial charge is 0.477 e. The molecule has 4 aromatic rings. The first kappa shape index (κ1) is 14.3. The summed E-state index contributed by atoms with van der Waals surface area (Å²) in [6.07, 6.45) is 2.63. The Morgan fingerprint density at radius 1 is 1.12 bits per heavy atom. The fourth-order valence-electron chi connectivity index (χ4n) is 3.55. The van der Waals surface area contributed by atoms with E-state index in [4.69, 9.17) is 5.11 Å². The first-order valence-corrected chi connectivity index (χ1v) is 8.51. The van der Waals surface area contributed by atoms with Crippen molar-refractivity contribution in [3.8, 4) is 11.3 Å². The monoisotopic (exact) mass is 331 g/mol. The van der Waals surface area contributed by atoms with Crippen molar-refractivity contribution in [1.82, 2.24) is 14.8 Å². The van der Waals surface area contributed by atoms with Crippen molar-refractivity contribution in [2.45, 2.75) is 19.4 Å². The molecule has 0 saturated heterocycles. The minimum absolute atomic E-state index is 0.103. The summed E-state index contributed by atoms with van der Waals surface area (Å²) in [6, 6.07) is 16.3. The van der Waals surface area contributed by atoms with Crippen LogP contribution in [0.2, 0.25) is 0 Å². The van der Waals surface area contributed by atoms with Gasteiger partial charge in [-0.1, -0.05) is 24.3 Å². The van der Waals surface area contributed by atoms with Crippen LogP contribution in [0.4, 0.5) is 0 Å². The molecule has 0 radical (unpaired) electrons. The van der Waals surface area contributed by atoms with Gasteiger partial charge in [0.05, 0.1) is 5.69 Å². The number of para-hydroxylation sites is 1. The molecule has 0 atom stereocenters. The Hall–Kier alpha value is -3.08. The average Bonchev–Trinajstić information content (AvgIpc) is 3.21. The first-order chi connectivity index (χ1) is 12.2. The summed E-state index contributed by atoms with van der Waals surface area (Å²) in [7, 11) is 0. The normalized spacial score (nSPS) is 14.4. The fraction of sp³-hybridized carbons (Fsp3) is 0.200. The summed E-state index contributed by atoms with van der Waals surface area (Å²) in [5.41, 5.74) is 4.16. The fourth-order valence-corrected chi connectivity index (χ4v) is 3.55. The molecule has 0 aliphatic heterocycles. The van der Waals surface area contributed by atoms with Crippen LogP contribution in [0.25, 0.3) is 33.1 Å². The van der Waals surface area contributed by atoms with E-state index in [-0.39, 0.29) is 5.69 Å². The molecule has 1 fully saturated rings. The highest BCUT2D eigenvalue weighted by molar-refractivity contribution is 6.09.